The van der Waals surface area contributed by atoms with E-state index in [1.54, 1.807) is 0 Å². The molecule has 0 aliphatic rings. The van der Waals surface area contributed by atoms with Gasteiger partial charge in [-0.3, -0.25) is 0 Å². The molecule has 0 fully saturated rings. The van der Waals surface area contributed by atoms with Crippen molar-refractivity contribution in [1.29, 1.82) is 0 Å². The topological polar surface area (TPSA) is 14.2 Å². The second-order valence-corrected chi connectivity index (χ2v) is 12.9. The van der Waals surface area contributed by atoms with Crippen LogP contribution in [0.4, 0.5) is 0 Å². The number of aromatic nitrogens is 1. The van der Waals surface area contributed by atoms with Crippen LogP contribution >= 0.6 is 27.5 Å². The van der Waals surface area contributed by atoms with Crippen molar-refractivity contribution in [3.05, 3.63) is 33.9 Å². The minimum atomic E-state index is -1.01. The van der Waals surface area contributed by atoms with Crippen molar-refractivity contribution in [2.75, 3.05) is 6.61 Å². The molecule has 0 spiro atoms. The molecule has 5 heteroatoms. The molecule has 0 atom stereocenters. The Morgan fingerprint density at radius 2 is 2.05 bits per heavy atom. The minimum absolute atomic E-state index is 0.584. The summed E-state index contributed by atoms with van der Waals surface area (Å²) in [6, 6.07) is 7.16. The molecule has 1 heterocycles. The van der Waals surface area contributed by atoms with Gasteiger partial charge in [0.25, 0.3) is 0 Å². The van der Waals surface area contributed by atoms with E-state index in [1.165, 1.54) is 6.04 Å². The highest BCUT2D eigenvalue weighted by molar-refractivity contribution is 9.10. The molecule has 1 aromatic heterocycles. The van der Waals surface area contributed by atoms with Gasteiger partial charge in [0.05, 0.1) is 5.52 Å². The monoisotopic (exact) mass is 359 g/mol. The molecule has 104 valence electrons. The van der Waals surface area contributed by atoms with Gasteiger partial charge < -0.3 is 9.30 Å². The third-order valence-electron chi connectivity index (χ3n) is 3.03. The zero-order valence-electron chi connectivity index (χ0n) is 11.5. The normalized spacial score (nSPS) is 12.3. The molecule has 0 aliphatic carbocycles. The first-order chi connectivity index (χ1) is 8.87. The van der Waals surface area contributed by atoms with Crippen LogP contribution in [0.1, 0.15) is 0 Å². The molecule has 2 rings (SSSR count). The highest BCUT2D eigenvalue weighted by Crippen LogP contribution is 2.29. The van der Waals surface area contributed by atoms with E-state index in [4.69, 9.17) is 16.3 Å². The van der Waals surface area contributed by atoms with Crippen LogP contribution in [0.5, 0.6) is 0 Å². The van der Waals surface area contributed by atoms with Crippen LogP contribution in [0, 0.1) is 0 Å². The SMILES string of the molecule is C[Si](C)(C)CCOCn1ccc2c(Br)cc(Cl)cc21. The van der Waals surface area contributed by atoms with Gasteiger partial charge in [0.1, 0.15) is 6.73 Å². The number of halogens is 2. The lowest BCUT2D eigenvalue weighted by Gasteiger charge is -2.15. The van der Waals surface area contributed by atoms with Gasteiger partial charge in [-0.2, -0.15) is 0 Å². The fourth-order valence-electron chi connectivity index (χ4n) is 1.87. The summed E-state index contributed by atoms with van der Waals surface area (Å²) in [7, 11) is -1.01. The summed E-state index contributed by atoms with van der Waals surface area (Å²) in [5.41, 5.74) is 1.10. The lowest BCUT2D eigenvalue weighted by atomic mass is 10.2. The first-order valence-electron chi connectivity index (χ1n) is 6.38. The predicted octanol–water partition coefficient (Wildman–Crippen LogP) is 5.37. The van der Waals surface area contributed by atoms with Crippen molar-refractivity contribution in [2.45, 2.75) is 32.4 Å². The van der Waals surface area contributed by atoms with E-state index in [0.29, 0.717) is 6.73 Å². The molecule has 0 N–H and O–H groups in total. The molecular weight excluding hydrogens is 342 g/mol. The molecule has 0 unspecified atom stereocenters. The van der Waals surface area contributed by atoms with Gasteiger partial charge in [-0.05, 0) is 24.2 Å². The molecular formula is C14H19BrClNOSi. The van der Waals surface area contributed by atoms with Gasteiger partial charge in [0.15, 0.2) is 0 Å². The largest absolute Gasteiger partial charge is 0.361 e. The number of benzene rings is 1. The Labute approximate surface area is 128 Å². The zero-order valence-corrected chi connectivity index (χ0v) is 14.9. The molecule has 0 saturated heterocycles. The van der Waals surface area contributed by atoms with Gasteiger partial charge in [-0.15, -0.1) is 0 Å². The van der Waals surface area contributed by atoms with Crippen LogP contribution in [0.25, 0.3) is 10.9 Å². The third-order valence-corrected chi connectivity index (χ3v) is 5.61. The molecule has 0 aliphatic heterocycles. The molecule has 0 bridgehead atoms. The van der Waals surface area contributed by atoms with Crippen LogP contribution in [0.2, 0.25) is 30.7 Å². The Morgan fingerprint density at radius 3 is 2.74 bits per heavy atom. The van der Waals surface area contributed by atoms with Gasteiger partial charge in [-0.25, -0.2) is 0 Å². The summed E-state index contributed by atoms with van der Waals surface area (Å²) in [5.74, 6) is 0. The molecule has 19 heavy (non-hydrogen) atoms. The third kappa shape index (κ3) is 4.08. The van der Waals surface area contributed by atoms with Gasteiger partial charge in [0.2, 0.25) is 0 Å². The highest BCUT2D eigenvalue weighted by atomic mass is 79.9. The van der Waals surface area contributed by atoms with Crippen molar-refractivity contribution in [1.82, 2.24) is 4.57 Å². The number of rotatable bonds is 5. The van der Waals surface area contributed by atoms with Gasteiger partial charge in [0, 0.05) is 35.8 Å². The number of hydrogen-bond acceptors (Lipinski definition) is 1. The van der Waals surface area contributed by atoms with E-state index in [1.807, 2.05) is 18.3 Å². The second kappa shape index (κ2) is 6.00. The van der Waals surface area contributed by atoms with Crippen LogP contribution in [0.3, 0.4) is 0 Å². The lowest BCUT2D eigenvalue weighted by molar-refractivity contribution is 0.0902. The lowest BCUT2D eigenvalue weighted by Crippen LogP contribution is -2.21. The Kier molecular flexibility index (Phi) is 4.77. The molecule has 0 saturated carbocycles. The number of hydrogen-bond donors (Lipinski definition) is 0. The Morgan fingerprint density at radius 1 is 1.32 bits per heavy atom. The number of ether oxygens (including phenoxy) is 1. The highest BCUT2D eigenvalue weighted by Gasteiger charge is 2.12. The maximum atomic E-state index is 6.10. The van der Waals surface area contributed by atoms with Crippen LogP contribution in [-0.4, -0.2) is 19.2 Å². The maximum Gasteiger partial charge on any atom is 0.122 e. The summed E-state index contributed by atoms with van der Waals surface area (Å²) in [6.45, 7) is 8.49. The van der Waals surface area contributed by atoms with E-state index in [9.17, 15) is 0 Å². The summed E-state index contributed by atoms with van der Waals surface area (Å²) in [6.07, 6.45) is 2.04. The second-order valence-electron chi connectivity index (χ2n) is 5.95. The van der Waals surface area contributed by atoms with E-state index >= 15 is 0 Å². The van der Waals surface area contributed by atoms with Crippen LogP contribution < -0.4 is 0 Å². The minimum Gasteiger partial charge on any atom is -0.361 e. The number of nitrogens with zero attached hydrogens (tertiary/aromatic N) is 1. The summed E-state index contributed by atoms with van der Waals surface area (Å²) in [4.78, 5) is 0. The zero-order chi connectivity index (χ0) is 14.0. The van der Waals surface area contributed by atoms with E-state index in [0.717, 1.165) is 27.0 Å². The van der Waals surface area contributed by atoms with Crippen molar-refractivity contribution in [2.24, 2.45) is 0 Å². The van der Waals surface area contributed by atoms with E-state index in [2.05, 4.69) is 46.2 Å². The summed E-state index contributed by atoms with van der Waals surface area (Å²) >= 11 is 9.63. The molecule has 0 amide bonds. The summed E-state index contributed by atoms with van der Waals surface area (Å²) in [5, 5.41) is 1.90. The molecule has 2 aromatic rings. The Balaban J connectivity index is 2.05. The maximum absolute atomic E-state index is 6.10. The smallest absolute Gasteiger partial charge is 0.122 e. The van der Waals surface area contributed by atoms with Gasteiger partial charge >= 0.3 is 0 Å². The van der Waals surface area contributed by atoms with Crippen molar-refractivity contribution >= 4 is 46.5 Å². The van der Waals surface area contributed by atoms with Crippen molar-refractivity contribution in [3.8, 4) is 0 Å². The predicted molar refractivity (Wildman–Crippen MR) is 88.8 cm³/mol. The molecule has 0 radical (unpaired) electrons. The first kappa shape index (κ1) is 15.1. The fourth-order valence-corrected chi connectivity index (χ4v) is 3.56. The average molecular weight is 361 g/mol. The van der Waals surface area contributed by atoms with Crippen molar-refractivity contribution < 1.29 is 4.74 Å². The first-order valence-corrected chi connectivity index (χ1v) is 11.3. The summed E-state index contributed by atoms with van der Waals surface area (Å²) < 4.78 is 8.90. The van der Waals surface area contributed by atoms with Crippen LogP contribution in [0.15, 0.2) is 28.9 Å². The van der Waals surface area contributed by atoms with E-state index in [-0.39, 0.29) is 0 Å². The van der Waals surface area contributed by atoms with Crippen LogP contribution in [-0.2, 0) is 11.5 Å². The number of fused-ring (bicyclic) bond motifs is 1. The standard InChI is InChI=1S/C14H19BrClNOSi/c1-19(2,3)7-6-18-10-17-5-4-12-13(15)8-11(16)9-14(12)17/h4-5,8-9H,6-7,10H2,1-3H3. The van der Waals surface area contributed by atoms with Gasteiger partial charge in [-0.1, -0.05) is 47.2 Å². The average Bonchev–Trinajstić information content (AvgIpc) is 2.66. The van der Waals surface area contributed by atoms with Crippen molar-refractivity contribution in [3.63, 3.8) is 0 Å². The molecule has 1 aromatic carbocycles. The fraction of sp³-hybridized carbons (Fsp3) is 0.429. The Hall–Kier alpha value is -0.293. The molecule has 2 nitrogen and oxygen atoms in total. The van der Waals surface area contributed by atoms with E-state index < -0.39 is 8.07 Å². The Bertz CT molecular complexity index is 577. The quantitative estimate of drug-likeness (QED) is 0.516.